The minimum Gasteiger partial charge on any atom is -0.380 e. The number of rotatable bonds is 2. The SMILES string of the molecule is Nc1noc(-c2cc(F)c(F)c(F)c2)c1-c1cccnc1. The summed E-state index contributed by atoms with van der Waals surface area (Å²) in [6.45, 7) is 0. The number of hydrogen-bond acceptors (Lipinski definition) is 4. The van der Waals surface area contributed by atoms with E-state index in [0.717, 1.165) is 12.1 Å². The van der Waals surface area contributed by atoms with E-state index < -0.39 is 17.5 Å². The molecule has 3 aromatic rings. The van der Waals surface area contributed by atoms with Gasteiger partial charge >= 0.3 is 0 Å². The molecule has 0 amide bonds. The molecule has 0 spiro atoms. The van der Waals surface area contributed by atoms with Crippen molar-refractivity contribution >= 4 is 5.82 Å². The van der Waals surface area contributed by atoms with Gasteiger partial charge in [-0.3, -0.25) is 4.98 Å². The van der Waals surface area contributed by atoms with Crippen LogP contribution < -0.4 is 5.73 Å². The van der Waals surface area contributed by atoms with Gasteiger partial charge in [-0.15, -0.1) is 0 Å². The third-order valence-corrected chi connectivity index (χ3v) is 2.91. The van der Waals surface area contributed by atoms with Crippen LogP contribution in [0.25, 0.3) is 22.5 Å². The molecule has 2 N–H and O–H groups in total. The van der Waals surface area contributed by atoms with E-state index >= 15 is 0 Å². The molecule has 21 heavy (non-hydrogen) atoms. The van der Waals surface area contributed by atoms with E-state index in [1.165, 1.54) is 6.20 Å². The lowest BCUT2D eigenvalue weighted by Gasteiger charge is -2.03. The molecule has 0 aliphatic heterocycles. The molecule has 0 radical (unpaired) electrons. The third kappa shape index (κ3) is 2.22. The molecule has 0 unspecified atom stereocenters. The number of nitrogen functional groups attached to an aromatic ring is 1. The molecular weight excluding hydrogens is 283 g/mol. The second kappa shape index (κ2) is 4.93. The summed E-state index contributed by atoms with van der Waals surface area (Å²) in [5, 5.41) is 3.59. The van der Waals surface area contributed by atoms with Crippen LogP contribution in [0.2, 0.25) is 0 Å². The number of hydrogen-bond donors (Lipinski definition) is 1. The highest BCUT2D eigenvalue weighted by molar-refractivity contribution is 5.86. The molecule has 7 heteroatoms. The summed E-state index contributed by atoms with van der Waals surface area (Å²) in [5.74, 6) is -4.11. The first-order chi connectivity index (χ1) is 10.1. The zero-order valence-electron chi connectivity index (χ0n) is 10.5. The Hall–Kier alpha value is -2.83. The minimum absolute atomic E-state index is 0.00514. The quantitative estimate of drug-likeness (QED) is 0.735. The summed E-state index contributed by atoms with van der Waals surface area (Å²) < 4.78 is 44.7. The van der Waals surface area contributed by atoms with Gasteiger partial charge in [-0.2, -0.15) is 0 Å². The first-order valence-electron chi connectivity index (χ1n) is 5.88. The van der Waals surface area contributed by atoms with Gasteiger partial charge in [-0.1, -0.05) is 11.2 Å². The molecule has 2 aromatic heterocycles. The van der Waals surface area contributed by atoms with Gasteiger partial charge in [0.1, 0.15) is 0 Å². The van der Waals surface area contributed by atoms with Crippen molar-refractivity contribution in [3.05, 3.63) is 54.1 Å². The number of nitrogens with two attached hydrogens (primary N) is 1. The number of pyridine rings is 1. The zero-order valence-corrected chi connectivity index (χ0v) is 10.5. The molecule has 106 valence electrons. The largest absolute Gasteiger partial charge is 0.380 e. The van der Waals surface area contributed by atoms with Crippen LogP contribution in [-0.2, 0) is 0 Å². The van der Waals surface area contributed by atoms with Gasteiger partial charge in [-0.05, 0) is 18.2 Å². The van der Waals surface area contributed by atoms with Crippen molar-refractivity contribution in [3.63, 3.8) is 0 Å². The molecule has 2 heterocycles. The Morgan fingerprint density at radius 3 is 2.38 bits per heavy atom. The maximum absolute atomic E-state index is 13.3. The van der Waals surface area contributed by atoms with E-state index in [9.17, 15) is 13.2 Å². The average molecular weight is 291 g/mol. The molecular formula is C14H8F3N3O. The van der Waals surface area contributed by atoms with E-state index in [0.29, 0.717) is 11.1 Å². The lowest BCUT2D eigenvalue weighted by atomic mass is 10.0. The van der Waals surface area contributed by atoms with E-state index in [-0.39, 0.29) is 17.1 Å². The molecule has 3 rings (SSSR count). The molecule has 0 atom stereocenters. The Kier molecular flexibility index (Phi) is 3.09. The molecule has 0 aliphatic rings. The summed E-state index contributed by atoms with van der Waals surface area (Å²) in [6, 6.07) is 4.99. The smallest absolute Gasteiger partial charge is 0.194 e. The number of anilines is 1. The van der Waals surface area contributed by atoms with Gasteiger partial charge < -0.3 is 10.3 Å². The van der Waals surface area contributed by atoms with Crippen LogP contribution in [-0.4, -0.2) is 10.1 Å². The highest BCUT2D eigenvalue weighted by Gasteiger charge is 2.21. The number of aromatic nitrogens is 2. The van der Waals surface area contributed by atoms with E-state index in [1.54, 1.807) is 18.3 Å². The van der Waals surface area contributed by atoms with E-state index in [4.69, 9.17) is 10.3 Å². The summed E-state index contributed by atoms with van der Waals surface area (Å²) in [7, 11) is 0. The fraction of sp³-hybridized carbons (Fsp3) is 0. The minimum atomic E-state index is -1.55. The van der Waals surface area contributed by atoms with Gasteiger partial charge in [0.25, 0.3) is 0 Å². The van der Waals surface area contributed by atoms with Crippen molar-refractivity contribution in [2.45, 2.75) is 0 Å². The van der Waals surface area contributed by atoms with Crippen LogP contribution >= 0.6 is 0 Å². The zero-order chi connectivity index (χ0) is 15.0. The molecule has 0 bridgehead atoms. The van der Waals surface area contributed by atoms with Crippen LogP contribution in [0.3, 0.4) is 0 Å². The maximum Gasteiger partial charge on any atom is 0.194 e. The topological polar surface area (TPSA) is 64.9 Å². The fourth-order valence-corrected chi connectivity index (χ4v) is 1.98. The fourth-order valence-electron chi connectivity index (χ4n) is 1.98. The molecule has 0 saturated heterocycles. The van der Waals surface area contributed by atoms with Gasteiger partial charge in [0.2, 0.25) is 0 Å². The molecule has 1 aromatic carbocycles. The normalized spacial score (nSPS) is 10.8. The van der Waals surface area contributed by atoms with Gasteiger partial charge in [0, 0.05) is 23.5 Å². The van der Waals surface area contributed by atoms with Crippen LogP contribution in [0.1, 0.15) is 0 Å². The van der Waals surface area contributed by atoms with Crippen molar-refractivity contribution in [1.29, 1.82) is 0 Å². The van der Waals surface area contributed by atoms with Crippen molar-refractivity contribution in [2.24, 2.45) is 0 Å². The Bertz CT molecular complexity index is 779. The van der Waals surface area contributed by atoms with Gasteiger partial charge in [0.05, 0.1) is 5.56 Å². The summed E-state index contributed by atoms with van der Waals surface area (Å²) >= 11 is 0. The average Bonchev–Trinajstić information content (AvgIpc) is 2.87. The second-order valence-electron chi connectivity index (χ2n) is 4.27. The number of halogens is 3. The van der Waals surface area contributed by atoms with Crippen LogP contribution in [0.15, 0.2) is 41.2 Å². The predicted molar refractivity (Wildman–Crippen MR) is 69.5 cm³/mol. The predicted octanol–water partition coefficient (Wildman–Crippen LogP) is 3.40. The maximum atomic E-state index is 13.3. The van der Waals surface area contributed by atoms with Crippen molar-refractivity contribution in [1.82, 2.24) is 10.1 Å². The van der Waals surface area contributed by atoms with Crippen molar-refractivity contribution < 1.29 is 17.7 Å². The van der Waals surface area contributed by atoms with Crippen molar-refractivity contribution in [2.75, 3.05) is 5.73 Å². The lowest BCUT2D eigenvalue weighted by molar-refractivity contribution is 0.430. The van der Waals surface area contributed by atoms with Crippen molar-refractivity contribution in [3.8, 4) is 22.5 Å². The Morgan fingerprint density at radius 1 is 1.05 bits per heavy atom. The summed E-state index contributed by atoms with van der Waals surface area (Å²) in [4.78, 5) is 3.93. The van der Waals surface area contributed by atoms with Crippen LogP contribution in [0.5, 0.6) is 0 Å². The Balaban J connectivity index is 2.21. The first-order valence-corrected chi connectivity index (χ1v) is 5.88. The monoisotopic (exact) mass is 291 g/mol. The van der Waals surface area contributed by atoms with Gasteiger partial charge in [-0.25, -0.2) is 13.2 Å². The third-order valence-electron chi connectivity index (χ3n) is 2.91. The molecule has 4 nitrogen and oxygen atoms in total. The van der Waals surface area contributed by atoms with E-state index in [2.05, 4.69) is 10.1 Å². The molecule has 0 saturated carbocycles. The number of nitrogens with zero attached hydrogens (tertiary/aromatic N) is 2. The molecule has 0 fully saturated rings. The summed E-state index contributed by atoms with van der Waals surface area (Å²) in [5.41, 5.74) is 6.62. The van der Waals surface area contributed by atoms with Gasteiger partial charge in [0.15, 0.2) is 29.0 Å². The van der Waals surface area contributed by atoms with E-state index in [1.807, 2.05) is 0 Å². The van der Waals surface area contributed by atoms with Crippen LogP contribution in [0.4, 0.5) is 19.0 Å². The lowest BCUT2D eigenvalue weighted by Crippen LogP contribution is -1.93. The summed E-state index contributed by atoms with van der Waals surface area (Å²) in [6.07, 6.45) is 3.06. The van der Waals surface area contributed by atoms with Crippen LogP contribution in [0, 0.1) is 17.5 Å². The second-order valence-corrected chi connectivity index (χ2v) is 4.27. The first kappa shape index (κ1) is 13.2. The molecule has 0 aliphatic carbocycles. The highest BCUT2D eigenvalue weighted by atomic mass is 19.2. The Morgan fingerprint density at radius 2 is 1.76 bits per heavy atom. The number of benzene rings is 1. The standard InChI is InChI=1S/C14H8F3N3O/c15-9-4-8(5-10(16)12(9)17)13-11(14(18)20-21-13)7-2-1-3-19-6-7/h1-6H,(H2,18,20). The highest BCUT2D eigenvalue weighted by Crippen LogP contribution is 2.36. The Labute approximate surface area is 117 Å².